The molecule has 2 aromatic rings. The largest absolute Gasteiger partial charge is 0.298 e. The summed E-state index contributed by atoms with van der Waals surface area (Å²) in [6.07, 6.45) is 5.30. The van der Waals surface area contributed by atoms with E-state index in [1.54, 1.807) is 24.5 Å². The maximum atomic E-state index is 10.5. The van der Waals surface area contributed by atoms with Gasteiger partial charge in [0.2, 0.25) is 0 Å². The van der Waals surface area contributed by atoms with E-state index in [-0.39, 0.29) is 10.7 Å². The molecule has 2 rings (SSSR count). The minimum atomic E-state index is 0.159. The topological polar surface area (TPSA) is 55.7 Å². The molecule has 0 bridgehead atoms. The molecule has 0 radical (unpaired) electrons. The van der Waals surface area contributed by atoms with Gasteiger partial charge in [-0.05, 0) is 12.1 Å². The molecule has 4 nitrogen and oxygen atoms in total. The molecule has 0 N–H and O–H groups in total. The second-order valence-corrected chi connectivity index (χ2v) is 3.15. The lowest BCUT2D eigenvalue weighted by Gasteiger charge is -2.00. The highest BCUT2D eigenvalue weighted by molar-refractivity contribution is 6.31. The van der Waals surface area contributed by atoms with Crippen LogP contribution >= 0.6 is 11.6 Å². The number of carbonyl (C=O) groups excluding carboxylic acids is 1. The Morgan fingerprint density at radius 3 is 2.60 bits per heavy atom. The molecule has 5 heteroatoms. The van der Waals surface area contributed by atoms with E-state index in [0.717, 1.165) is 5.56 Å². The molecule has 0 spiro atoms. The quantitative estimate of drug-likeness (QED) is 0.573. The van der Waals surface area contributed by atoms with E-state index in [2.05, 4.69) is 15.0 Å². The number of aromatic nitrogens is 3. The van der Waals surface area contributed by atoms with Crippen molar-refractivity contribution in [2.24, 2.45) is 0 Å². The molecule has 15 heavy (non-hydrogen) atoms. The number of carbonyl (C=O) groups is 1. The molecule has 0 aliphatic heterocycles. The van der Waals surface area contributed by atoms with Gasteiger partial charge in [0.1, 0.15) is 5.15 Å². The first-order chi connectivity index (χ1) is 7.31. The predicted octanol–water partition coefficient (Wildman–Crippen LogP) is 2.00. The standard InChI is InChI=1S/C10H6ClN3O/c11-9-8(6-15)5-13-10(14-9)7-1-3-12-4-2-7/h1-6H. The Morgan fingerprint density at radius 2 is 2.00 bits per heavy atom. The van der Waals surface area contributed by atoms with Gasteiger partial charge in [-0.1, -0.05) is 11.6 Å². The summed E-state index contributed by atoms with van der Waals surface area (Å²) in [6, 6.07) is 3.54. The van der Waals surface area contributed by atoms with Crippen LogP contribution in [0.25, 0.3) is 11.4 Å². The number of pyridine rings is 1. The lowest BCUT2D eigenvalue weighted by atomic mass is 10.2. The Hall–Kier alpha value is -1.81. The zero-order chi connectivity index (χ0) is 10.7. The minimum absolute atomic E-state index is 0.159. The van der Waals surface area contributed by atoms with E-state index in [0.29, 0.717) is 12.1 Å². The molecule has 0 aromatic carbocycles. The van der Waals surface area contributed by atoms with E-state index in [1.807, 2.05) is 0 Å². The maximum absolute atomic E-state index is 10.5. The molecular weight excluding hydrogens is 214 g/mol. The molecule has 74 valence electrons. The van der Waals surface area contributed by atoms with Crippen LogP contribution in [0.3, 0.4) is 0 Å². The Balaban J connectivity index is 2.47. The summed E-state index contributed by atoms with van der Waals surface area (Å²) in [5.41, 5.74) is 1.10. The number of hydrogen-bond donors (Lipinski definition) is 0. The lowest BCUT2D eigenvalue weighted by Crippen LogP contribution is -1.93. The van der Waals surface area contributed by atoms with Crippen molar-refractivity contribution >= 4 is 17.9 Å². The second kappa shape index (κ2) is 4.14. The van der Waals surface area contributed by atoms with Gasteiger partial charge in [0.15, 0.2) is 12.1 Å². The zero-order valence-corrected chi connectivity index (χ0v) is 8.35. The summed E-state index contributed by atoms with van der Waals surface area (Å²) in [7, 11) is 0. The Morgan fingerprint density at radius 1 is 1.27 bits per heavy atom. The molecule has 0 aliphatic rings. The van der Waals surface area contributed by atoms with Crippen LogP contribution in [-0.2, 0) is 0 Å². The van der Waals surface area contributed by atoms with Crippen LogP contribution in [-0.4, -0.2) is 21.2 Å². The Labute approximate surface area is 91.0 Å². The number of aldehydes is 1. The highest BCUT2D eigenvalue weighted by Crippen LogP contribution is 2.17. The van der Waals surface area contributed by atoms with Crippen LogP contribution in [0, 0.1) is 0 Å². The van der Waals surface area contributed by atoms with Gasteiger partial charge in [-0.2, -0.15) is 0 Å². The normalized spacial score (nSPS) is 9.93. The van der Waals surface area contributed by atoms with Gasteiger partial charge in [-0.25, -0.2) is 9.97 Å². The van der Waals surface area contributed by atoms with E-state index < -0.39 is 0 Å². The van der Waals surface area contributed by atoms with E-state index in [4.69, 9.17) is 11.6 Å². The number of hydrogen-bond acceptors (Lipinski definition) is 4. The van der Waals surface area contributed by atoms with Crippen molar-refractivity contribution in [2.45, 2.75) is 0 Å². The molecule has 0 saturated heterocycles. The molecule has 0 amide bonds. The van der Waals surface area contributed by atoms with Crippen molar-refractivity contribution in [1.29, 1.82) is 0 Å². The highest BCUT2D eigenvalue weighted by Gasteiger charge is 2.05. The summed E-state index contributed by atoms with van der Waals surface area (Å²) < 4.78 is 0. The van der Waals surface area contributed by atoms with Gasteiger partial charge in [0.05, 0.1) is 5.56 Å². The Kier molecular flexibility index (Phi) is 2.69. The molecule has 2 heterocycles. The molecule has 2 aromatic heterocycles. The fourth-order valence-corrected chi connectivity index (χ4v) is 1.26. The van der Waals surface area contributed by atoms with Crippen molar-refractivity contribution in [2.75, 3.05) is 0 Å². The summed E-state index contributed by atoms with van der Waals surface area (Å²) >= 11 is 5.78. The van der Waals surface area contributed by atoms with E-state index >= 15 is 0 Å². The van der Waals surface area contributed by atoms with Crippen LogP contribution in [0.1, 0.15) is 10.4 Å². The molecule has 0 atom stereocenters. The smallest absolute Gasteiger partial charge is 0.160 e. The first-order valence-corrected chi connectivity index (χ1v) is 4.57. The molecule has 0 fully saturated rings. The average Bonchev–Trinajstić information content (AvgIpc) is 2.30. The van der Waals surface area contributed by atoms with Crippen molar-refractivity contribution in [1.82, 2.24) is 15.0 Å². The van der Waals surface area contributed by atoms with Gasteiger partial charge in [-0.15, -0.1) is 0 Å². The predicted molar refractivity (Wildman–Crippen MR) is 55.7 cm³/mol. The molecule has 0 saturated carbocycles. The monoisotopic (exact) mass is 219 g/mol. The van der Waals surface area contributed by atoms with Gasteiger partial charge in [0.25, 0.3) is 0 Å². The number of rotatable bonds is 2. The van der Waals surface area contributed by atoms with E-state index in [9.17, 15) is 4.79 Å². The van der Waals surface area contributed by atoms with Gasteiger partial charge >= 0.3 is 0 Å². The lowest BCUT2D eigenvalue weighted by molar-refractivity contribution is 0.112. The first kappa shape index (κ1) is 9.73. The SMILES string of the molecule is O=Cc1cnc(-c2ccncc2)nc1Cl. The van der Waals surface area contributed by atoms with Crippen molar-refractivity contribution in [3.8, 4) is 11.4 Å². The van der Waals surface area contributed by atoms with Crippen LogP contribution < -0.4 is 0 Å². The third kappa shape index (κ3) is 1.99. The first-order valence-electron chi connectivity index (χ1n) is 4.19. The van der Waals surface area contributed by atoms with Crippen LogP contribution in [0.5, 0.6) is 0 Å². The second-order valence-electron chi connectivity index (χ2n) is 2.79. The van der Waals surface area contributed by atoms with Crippen LogP contribution in [0.4, 0.5) is 0 Å². The summed E-state index contributed by atoms with van der Waals surface area (Å²) in [4.78, 5) is 22.4. The number of halogens is 1. The minimum Gasteiger partial charge on any atom is -0.298 e. The van der Waals surface area contributed by atoms with E-state index in [1.165, 1.54) is 6.20 Å². The fraction of sp³-hybridized carbons (Fsp3) is 0. The number of nitrogens with zero attached hydrogens (tertiary/aromatic N) is 3. The Bertz CT molecular complexity index is 487. The van der Waals surface area contributed by atoms with Crippen molar-refractivity contribution in [3.63, 3.8) is 0 Å². The van der Waals surface area contributed by atoms with Gasteiger partial charge in [0, 0.05) is 24.2 Å². The third-order valence-corrected chi connectivity index (χ3v) is 2.14. The summed E-state index contributed by atoms with van der Waals surface area (Å²) in [6.45, 7) is 0. The average molecular weight is 220 g/mol. The van der Waals surface area contributed by atoms with Crippen LogP contribution in [0.15, 0.2) is 30.7 Å². The fourth-order valence-electron chi connectivity index (χ4n) is 1.09. The molecular formula is C10H6ClN3O. The summed E-state index contributed by atoms with van der Waals surface area (Å²) in [5, 5.41) is 0.159. The van der Waals surface area contributed by atoms with Crippen molar-refractivity contribution in [3.05, 3.63) is 41.4 Å². The third-order valence-electron chi connectivity index (χ3n) is 1.83. The van der Waals surface area contributed by atoms with Gasteiger partial charge in [-0.3, -0.25) is 9.78 Å². The summed E-state index contributed by atoms with van der Waals surface area (Å²) in [5.74, 6) is 0.480. The maximum Gasteiger partial charge on any atom is 0.160 e. The molecule has 0 aliphatic carbocycles. The zero-order valence-electron chi connectivity index (χ0n) is 7.59. The van der Waals surface area contributed by atoms with Gasteiger partial charge < -0.3 is 0 Å². The van der Waals surface area contributed by atoms with Crippen LogP contribution in [0.2, 0.25) is 5.15 Å². The van der Waals surface area contributed by atoms with Crippen molar-refractivity contribution < 1.29 is 4.79 Å². The highest BCUT2D eigenvalue weighted by atomic mass is 35.5. The molecule has 0 unspecified atom stereocenters.